The predicted octanol–water partition coefficient (Wildman–Crippen LogP) is 5.34. The van der Waals surface area contributed by atoms with E-state index in [0.717, 1.165) is 9.91 Å². The molecule has 2 aliphatic heterocycles. The smallest absolute Gasteiger partial charge is 0.488 e. The summed E-state index contributed by atoms with van der Waals surface area (Å²) < 4.78 is 6.05. The van der Waals surface area contributed by atoms with Crippen molar-refractivity contribution >= 4 is 86.7 Å². The van der Waals surface area contributed by atoms with Crippen LogP contribution >= 0.6 is 39.1 Å². The van der Waals surface area contributed by atoms with Gasteiger partial charge in [0.05, 0.1) is 46.7 Å². The summed E-state index contributed by atoms with van der Waals surface area (Å²) in [4.78, 5) is 60.0. The van der Waals surface area contributed by atoms with Gasteiger partial charge in [0.25, 0.3) is 11.8 Å². The molecule has 274 valence electrons. The van der Waals surface area contributed by atoms with E-state index in [4.69, 9.17) is 27.9 Å². The van der Waals surface area contributed by atoms with Crippen molar-refractivity contribution in [3.8, 4) is 11.5 Å². The molecule has 0 bridgehead atoms. The highest BCUT2D eigenvalue weighted by Crippen LogP contribution is 2.65. The van der Waals surface area contributed by atoms with E-state index in [9.17, 15) is 29.5 Å². The molecule has 4 aliphatic rings. The average Bonchev–Trinajstić information content (AvgIpc) is 3.54. The topological polar surface area (TPSA) is 157 Å². The number of anilines is 2. The molecule has 15 heteroatoms. The molecule has 1 saturated carbocycles. The van der Waals surface area contributed by atoms with Crippen LogP contribution in [0.25, 0.3) is 0 Å². The minimum atomic E-state index is -1.82. The molecule has 2 heterocycles. The molecule has 0 aromatic heterocycles. The Morgan fingerprint density at radius 2 is 1.67 bits per heavy atom. The number of benzene rings is 4. The van der Waals surface area contributed by atoms with Gasteiger partial charge in [-0.3, -0.25) is 29.5 Å². The fourth-order valence-corrected chi connectivity index (χ4v) is 9.85. The highest BCUT2D eigenvalue weighted by atomic mass is 79.9. The minimum Gasteiger partial charge on any atom is -0.508 e. The molecular formula is C39H31BBrCl2N3O8. The Labute approximate surface area is 328 Å². The van der Waals surface area contributed by atoms with Crippen molar-refractivity contribution in [2.24, 2.45) is 23.7 Å². The molecule has 4 aromatic carbocycles. The van der Waals surface area contributed by atoms with Gasteiger partial charge in [0.2, 0.25) is 11.8 Å². The largest absolute Gasteiger partial charge is 0.508 e. The number of hydrazine groups is 1. The summed E-state index contributed by atoms with van der Waals surface area (Å²) in [5.41, 5.74) is 3.34. The van der Waals surface area contributed by atoms with Gasteiger partial charge in [-0.2, -0.15) is 5.01 Å². The summed E-state index contributed by atoms with van der Waals surface area (Å²) >= 11 is 16.2. The Kier molecular flexibility index (Phi) is 9.13. The molecule has 0 spiro atoms. The molecule has 54 heavy (non-hydrogen) atoms. The number of hydrogen-bond donors (Lipinski definition) is 4. The van der Waals surface area contributed by atoms with Gasteiger partial charge in [-0.05, 0) is 90.4 Å². The van der Waals surface area contributed by atoms with Crippen LogP contribution < -0.4 is 20.5 Å². The van der Waals surface area contributed by atoms with Crippen LogP contribution in [0, 0.1) is 23.7 Å². The Hall–Kier alpha value is -4.66. The van der Waals surface area contributed by atoms with Crippen LogP contribution in [0.5, 0.6) is 11.5 Å². The average molecular weight is 831 g/mol. The number of rotatable bonds is 7. The SMILES string of the molecule is COc1ccc(C23C(=O)N(Nc4ccc(Cl)cc4Cl)C(=O)C2CC2C(=CCC4C(=O)N(c5cccc(B(O)O)c5)C(=O)C42)C3c2cc(Br)ccc2O)cc1. The van der Waals surface area contributed by atoms with E-state index in [1.165, 1.54) is 37.4 Å². The maximum atomic E-state index is 15.4. The van der Waals surface area contributed by atoms with Crippen molar-refractivity contribution in [3.05, 3.63) is 122 Å². The zero-order valence-electron chi connectivity index (χ0n) is 28.4. The van der Waals surface area contributed by atoms with Gasteiger partial charge in [-0.25, -0.2) is 0 Å². The molecule has 0 radical (unpaired) electrons. The van der Waals surface area contributed by atoms with Crippen LogP contribution in [0.4, 0.5) is 11.4 Å². The number of nitrogens with zero attached hydrogens (tertiary/aromatic N) is 2. The fraction of sp³-hybridized carbons (Fsp3) is 0.231. The molecule has 4 amide bonds. The highest BCUT2D eigenvalue weighted by Gasteiger charge is 2.70. The molecule has 3 fully saturated rings. The van der Waals surface area contributed by atoms with E-state index < -0.39 is 65.8 Å². The number of methoxy groups -OCH3 is 1. The second-order valence-electron chi connectivity index (χ2n) is 13.9. The number of imide groups is 2. The molecule has 6 atom stereocenters. The van der Waals surface area contributed by atoms with Gasteiger partial charge in [0.15, 0.2) is 0 Å². The number of fused-ring (bicyclic) bond motifs is 4. The number of phenolic OH excluding ortho intramolecular Hbond substituents is 1. The van der Waals surface area contributed by atoms with Crippen molar-refractivity contribution < 1.29 is 39.1 Å². The van der Waals surface area contributed by atoms with Gasteiger partial charge in [-0.1, -0.05) is 75.0 Å². The number of halogens is 3. The van der Waals surface area contributed by atoms with Crippen LogP contribution in [0.1, 0.15) is 29.9 Å². The number of aromatic hydroxyl groups is 1. The lowest BCUT2D eigenvalue weighted by Gasteiger charge is -2.50. The molecule has 8 rings (SSSR count). The summed E-state index contributed by atoms with van der Waals surface area (Å²) in [7, 11) is -0.300. The molecule has 11 nitrogen and oxygen atoms in total. The van der Waals surface area contributed by atoms with Crippen molar-refractivity contribution in [2.75, 3.05) is 17.4 Å². The van der Waals surface area contributed by atoms with Crippen molar-refractivity contribution in [2.45, 2.75) is 24.2 Å². The monoisotopic (exact) mass is 829 g/mol. The van der Waals surface area contributed by atoms with Crippen molar-refractivity contribution in [3.63, 3.8) is 0 Å². The van der Waals surface area contributed by atoms with Gasteiger partial charge in [0, 0.05) is 21.0 Å². The second kappa shape index (κ2) is 13.6. The fourth-order valence-electron chi connectivity index (χ4n) is 9.02. The third-order valence-corrected chi connectivity index (χ3v) is 12.3. The molecular weight excluding hydrogens is 800 g/mol. The summed E-state index contributed by atoms with van der Waals surface area (Å²) in [6.07, 6.45) is 2.05. The van der Waals surface area contributed by atoms with E-state index in [1.54, 1.807) is 54.6 Å². The first-order valence-corrected chi connectivity index (χ1v) is 18.7. The Morgan fingerprint density at radius 3 is 2.37 bits per heavy atom. The van der Waals surface area contributed by atoms with E-state index >= 15 is 4.79 Å². The van der Waals surface area contributed by atoms with Crippen LogP contribution in [0.15, 0.2) is 101 Å². The Bertz CT molecular complexity index is 2290. The second-order valence-corrected chi connectivity index (χ2v) is 15.7. The lowest BCUT2D eigenvalue weighted by atomic mass is 9.49. The Morgan fingerprint density at radius 1 is 0.907 bits per heavy atom. The third-order valence-electron chi connectivity index (χ3n) is 11.3. The lowest BCUT2D eigenvalue weighted by molar-refractivity contribution is -0.138. The predicted molar refractivity (Wildman–Crippen MR) is 205 cm³/mol. The normalized spacial score (nSPS) is 26.0. The van der Waals surface area contributed by atoms with E-state index in [2.05, 4.69) is 21.4 Å². The maximum absolute atomic E-state index is 15.4. The van der Waals surface area contributed by atoms with Crippen LogP contribution in [0.3, 0.4) is 0 Å². The van der Waals surface area contributed by atoms with Gasteiger partial charge < -0.3 is 19.9 Å². The molecule has 4 aromatic rings. The minimum absolute atomic E-state index is 0.0175. The Balaban J connectivity index is 1.33. The molecule has 2 saturated heterocycles. The summed E-state index contributed by atoms with van der Waals surface area (Å²) in [5, 5.41) is 32.8. The number of allylic oxidation sites excluding steroid dienone is 2. The van der Waals surface area contributed by atoms with Gasteiger partial charge in [-0.15, -0.1) is 0 Å². The molecule has 4 N–H and O–H groups in total. The van der Waals surface area contributed by atoms with Gasteiger partial charge >= 0.3 is 7.12 Å². The van der Waals surface area contributed by atoms with Crippen LogP contribution in [0.2, 0.25) is 10.0 Å². The first-order valence-electron chi connectivity index (χ1n) is 17.1. The zero-order valence-corrected chi connectivity index (χ0v) is 31.5. The summed E-state index contributed by atoms with van der Waals surface area (Å²) in [6.45, 7) is 0. The van der Waals surface area contributed by atoms with Crippen LogP contribution in [-0.2, 0) is 24.6 Å². The summed E-state index contributed by atoms with van der Waals surface area (Å²) in [5.74, 6) is -6.21. The van der Waals surface area contributed by atoms with Crippen LogP contribution in [-0.4, -0.2) is 58.0 Å². The number of carbonyl (C=O) groups excluding carboxylic acids is 4. The van der Waals surface area contributed by atoms with Crippen molar-refractivity contribution in [1.82, 2.24) is 5.01 Å². The number of hydrogen-bond acceptors (Lipinski definition) is 9. The third kappa shape index (κ3) is 5.47. The zero-order chi connectivity index (χ0) is 38.2. The number of nitrogens with one attached hydrogen (secondary N) is 1. The molecule has 6 unspecified atom stereocenters. The highest BCUT2D eigenvalue weighted by molar-refractivity contribution is 9.10. The first-order chi connectivity index (χ1) is 25.9. The molecule has 2 aliphatic carbocycles. The number of carbonyl (C=O) groups is 4. The number of ether oxygens (including phenoxy) is 1. The van der Waals surface area contributed by atoms with E-state index in [1.807, 2.05) is 6.08 Å². The van der Waals surface area contributed by atoms with Gasteiger partial charge in [0.1, 0.15) is 11.5 Å². The van der Waals surface area contributed by atoms with Crippen molar-refractivity contribution in [1.29, 1.82) is 0 Å². The summed E-state index contributed by atoms with van der Waals surface area (Å²) in [6, 6.07) is 22.3. The lowest BCUT2D eigenvalue weighted by Crippen LogP contribution is -2.53. The quantitative estimate of drug-likeness (QED) is 0.110. The number of amides is 4. The maximum Gasteiger partial charge on any atom is 0.488 e. The van der Waals surface area contributed by atoms with E-state index in [0.29, 0.717) is 31.9 Å². The standard InChI is InChI=1S/C39H31BBrCl2N3O8/c1-54-24-9-5-19(6-10-24)39-29(36(49)46(38(39)51)44-31-13-8-22(42)17-30(31)43)18-27-25(34(39)28-16-21(41)7-14-32(28)47)11-12-26-33(27)37(50)45(35(26)48)23-4-2-3-20(15-23)40(52)53/h2-11,13-17,26-27,29,33-34,44,47,52-53H,12,18H2,1H3. The van der Waals surface area contributed by atoms with E-state index in [-0.39, 0.29) is 40.5 Å². The first kappa shape index (κ1) is 36.3. The number of phenols is 1.